The van der Waals surface area contributed by atoms with Crippen molar-refractivity contribution in [2.75, 3.05) is 0 Å². The number of carbonyl (C=O) groups excluding carboxylic acids is 2. The standard InChI is InChI=1S/C35H56F6N2O2/c1-19-7-11-25(15-23(19)5)31(44)42-29-17-27(13-9-21(29)3)33(34(36,37)38,35(39,40)41)28-14-10-22(4)30(18-28)43-32(45)26-12-8-20(2)24(6)16-26/h19-30H,7-18H2,1-6H3,(H,42,44)(H,43,45). The van der Waals surface area contributed by atoms with E-state index in [0.29, 0.717) is 49.4 Å². The summed E-state index contributed by atoms with van der Waals surface area (Å²) in [7, 11) is 0. The van der Waals surface area contributed by atoms with Crippen LogP contribution < -0.4 is 10.6 Å². The first-order valence-electron chi connectivity index (χ1n) is 17.6. The Labute approximate surface area is 266 Å². The molecule has 0 saturated heterocycles. The van der Waals surface area contributed by atoms with E-state index in [0.717, 1.165) is 12.8 Å². The van der Waals surface area contributed by atoms with Crippen LogP contribution in [0.3, 0.4) is 0 Å². The van der Waals surface area contributed by atoms with Gasteiger partial charge in [0.05, 0.1) is 0 Å². The molecule has 2 amide bonds. The van der Waals surface area contributed by atoms with Crippen LogP contribution in [-0.2, 0) is 9.59 Å². The van der Waals surface area contributed by atoms with Gasteiger partial charge in [0.25, 0.3) is 0 Å². The Bertz CT molecular complexity index is 951. The van der Waals surface area contributed by atoms with Crippen molar-refractivity contribution >= 4 is 11.8 Å². The minimum Gasteiger partial charge on any atom is -0.353 e. The minimum atomic E-state index is -5.53. The van der Waals surface area contributed by atoms with Crippen LogP contribution in [0.5, 0.6) is 0 Å². The fourth-order valence-corrected chi connectivity index (χ4v) is 9.47. The van der Waals surface area contributed by atoms with Crippen LogP contribution in [0.2, 0.25) is 0 Å². The zero-order valence-electron chi connectivity index (χ0n) is 28.0. The number of halogens is 6. The predicted molar refractivity (Wildman–Crippen MR) is 163 cm³/mol. The topological polar surface area (TPSA) is 58.2 Å². The quantitative estimate of drug-likeness (QED) is 0.282. The summed E-state index contributed by atoms with van der Waals surface area (Å²) in [6, 6.07) is -1.49. The maximum absolute atomic E-state index is 15.3. The van der Waals surface area contributed by atoms with Gasteiger partial charge in [-0.2, -0.15) is 26.3 Å². The van der Waals surface area contributed by atoms with Crippen LogP contribution in [0, 0.1) is 64.6 Å². The second-order valence-electron chi connectivity index (χ2n) is 16.0. The third-order valence-electron chi connectivity index (χ3n) is 13.2. The van der Waals surface area contributed by atoms with Gasteiger partial charge in [-0.15, -0.1) is 0 Å². The normalized spacial score (nSPS) is 40.4. The molecule has 0 radical (unpaired) electrons. The van der Waals surface area contributed by atoms with Crippen molar-refractivity contribution < 1.29 is 35.9 Å². The smallest absolute Gasteiger partial charge is 0.353 e. The maximum atomic E-state index is 15.3. The van der Waals surface area contributed by atoms with Crippen molar-refractivity contribution in [3.05, 3.63) is 0 Å². The van der Waals surface area contributed by atoms with E-state index in [4.69, 9.17) is 0 Å². The molecule has 45 heavy (non-hydrogen) atoms. The number of hydrogen-bond donors (Lipinski definition) is 2. The van der Waals surface area contributed by atoms with E-state index in [9.17, 15) is 9.59 Å². The minimum absolute atomic E-state index is 0.184. The average Bonchev–Trinajstić information content (AvgIpc) is 2.93. The monoisotopic (exact) mass is 650 g/mol. The van der Waals surface area contributed by atoms with Crippen molar-refractivity contribution in [3.8, 4) is 0 Å². The number of carbonyl (C=O) groups is 2. The lowest BCUT2D eigenvalue weighted by atomic mass is 9.55. The molecule has 4 aliphatic rings. The first-order chi connectivity index (χ1) is 20.9. The summed E-state index contributed by atoms with van der Waals surface area (Å²) in [5.41, 5.74) is -3.91. The summed E-state index contributed by atoms with van der Waals surface area (Å²) >= 11 is 0. The highest BCUT2D eigenvalue weighted by atomic mass is 19.4. The molecule has 4 saturated carbocycles. The molecule has 0 heterocycles. The lowest BCUT2D eigenvalue weighted by Crippen LogP contribution is -2.63. The van der Waals surface area contributed by atoms with Crippen LogP contribution in [0.4, 0.5) is 26.3 Å². The van der Waals surface area contributed by atoms with E-state index in [1.807, 2.05) is 13.8 Å². The lowest BCUT2D eigenvalue weighted by molar-refractivity contribution is -0.383. The summed E-state index contributed by atoms with van der Waals surface area (Å²) in [5, 5.41) is 5.87. The van der Waals surface area contributed by atoms with E-state index < -0.39 is 41.7 Å². The molecule has 4 aliphatic carbocycles. The molecule has 4 rings (SSSR count). The fraction of sp³-hybridized carbons (Fsp3) is 0.943. The maximum Gasteiger partial charge on any atom is 0.403 e. The number of nitrogens with one attached hydrogen (secondary N) is 2. The molecular formula is C35H56F6N2O2. The van der Waals surface area contributed by atoms with E-state index in [1.165, 1.54) is 0 Å². The second kappa shape index (κ2) is 13.9. The molecule has 0 bridgehead atoms. The molecular weight excluding hydrogens is 594 g/mol. The van der Waals surface area contributed by atoms with Crippen LogP contribution in [-0.4, -0.2) is 36.3 Å². The first kappa shape index (κ1) is 36.4. The van der Waals surface area contributed by atoms with E-state index in [-0.39, 0.29) is 74.0 Å². The fourth-order valence-electron chi connectivity index (χ4n) is 9.47. The van der Waals surface area contributed by atoms with E-state index in [2.05, 4.69) is 38.3 Å². The molecule has 0 spiro atoms. The molecule has 0 aromatic heterocycles. The molecule has 12 atom stereocenters. The van der Waals surface area contributed by atoms with Crippen molar-refractivity contribution in [2.24, 2.45) is 64.6 Å². The first-order valence-corrected chi connectivity index (χ1v) is 17.6. The van der Waals surface area contributed by atoms with E-state index in [1.54, 1.807) is 0 Å². The van der Waals surface area contributed by atoms with Crippen LogP contribution >= 0.6 is 0 Å². The Balaban J connectivity index is 1.56. The Morgan fingerprint density at radius 3 is 1.11 bits per heavy atom. The Morgan fingerprint density at radius 2 is 0.800 bits per heavy atom. The molecule has 4 fully saturated rings. The summed E-state index contributed by atoms with van der Waals surface area (Å²) in [4.78, 5) is 26.5. The molecule has 4 nitrogen and oxygen atoms in total. The molecule has 0 aliphatic heterocycles. The highest BCUT2D eigenvalue weighted by Gasteiger charge is 2.77. The van der Waals surface area contributed by atoms with Crippen LogP contribution in [0.25, 0.3) is 0 Å². The summed E-state index contributed by atoms with van der Waals surface area (Å²) < 4.78 is 91.6. The average molecular weight is 651 g/mol. The van der Waals surface area contributed by atoms with E-state index >= 15 is 26.3 Å². The van der Waals surface area contributed by atoms with Gasteiger partial charge in [0.1, 0.15) is 0 Å². The van der Waals surface area contributed by atoms with Crippen molar-refractivity contribution in [1.82, 2.24) is 10.6 Å². The van der Waals surface area contributed by atoms with Gasteiger partial charge >= 0.3 is 12.4 Å². The van der Waals surface area contributed by atoms with Gasteiger partial charge in [-0.1, -0.05) is 41.5 Å². The molecule has 260 valence electrons. The van der Waals surface area contributed by atoms with Gasteiger partial charge in [-0.05, 0) is 124 Å². The lowest BCUT2D eigenvalue weighted by Gasteiger charge is -2.53. The highest BCUT2D eigenvalue weighted by Crippen LogP contribution is 2.65. The SMILES string of the molecule is CC1CCC(C(=O)NC2CC(C(C3CCC(C)C(NC(=O)C4CCC(C)C(C)C4)C3)(C(F)(F)F)C(F)(F)F)CCC2C)CC1C. The Morgan fingerprint density at radius 1 is 0.467 bits per heavy atom. The summed E-state index contributed by atoms with van der Waals surface area (Å²) in [6.45, 7) is 12.1. The largest absolute Gasteiger partial charge is 0.403 e. The van der Waals surface area contributed by atoms with Crippen LogP contribution in [0.1, 0.15) is 119 Å². The number of alkyl halides is 6. The van der Waals surface area contributed by atoms with Gasteiger partial charge < -0.3 is 10.6 Å². The molecule has 2 N–H and O–H groups in total. The van der Waals surface area contributed by atoms with Gasteiger partial charge in [-0.3, -0.25) is 9.59 Å². The summed E-state index contributed by atoms with van der Waals surface area (Å²) in [6.07, 6.45) is -7.33. The molecule has 0 aromatic rings. The molecule has 0 aromatic carbocycles. The highest BCUT2D eigenvalue weighted by molar-refractivity contribution is 5.79. The predicted octanol–water partition coefficient (Wildman–Crippen LogP) is 9.08. The third-order valence-corrected chi connectivity index (χ3v) is 13.2. The zero-order chi connectivity index (χ0) is 33.5. The number of rotatable bonds is 6. The van der Waals surface area contributed by atoms with Crippen molar-refractivity contribution in [1.29, 1.82) is 0 Å². The van der Waals surface area contributed by atoms with Crippen LogP contribution in [0.15, 0.2) is 0 Å². The number of amides is 2. The zero-order valence-corrected chi connectivity index (χ0v) is 28.0. The van der Waals surface area contributed by atoms with Crippen molar-refractivity contribution in [2.45, 2.75) is 143 Å². The van der Waals surface area contributed by atoms with Gasteiger partial charge in [0.15, 0.2) is 5.41 Å². The van der Waals surface area contributed by atoms with Crippen molar-refractivity contribution in [3.63, 3.8) is 0 Å². The Hall–Kier alpha value is -1.48. The summed E-state index contributed by atoms with van der Waals surface area (Å²) in [5.74, 6) is -3.24. The molecule has 12 unspecified atom stereocenters. The van der Waals surface area contributed by atoms with Gasteiger partial charge in [0.2, 0.25) is 11.8 Å². The molecule has 10 heteroatoms. The second-order valence-corrected chi connectivity index (χ2v) is 16.0. The third kappa shape index (κ3) is 7.49. The van der Waals surface area contributed by atoms with Gasteiger partial charge in [0, 0.05) is 23.9 Å². The Kier molecular flexibility index (Phi) is 11.3. The number of hydrogen-bond acceptors (Lipinski definition) is 2. The van der Waals surface area contributed by atoms with Gasteiger partial charge in [-0.25, -0.2) is 0 Å².